The Hall–Kier alpha value is -2.24. The molecule has 2 atom stereocenters. The van der Waals surface area contributed by atoms with Crippen LogP contribution in [-0.4, -0.2) is 6.54 Å². The smallest absolute Gasteiger partial charge is 0.152 e. The van der Waals surface area contributed by atoms with Crippen LogP contribution in [0, 0.1) is 11.1 Å². The van der Waals surface area contributed by atoms with Gasteiger partial charge in [0.05, 0.1) is 12.2 Å². The van der Waals surface area contributed by atoms with Gasteiger partial charge in [-0.3, -0.25) is 0 Å². The van der Waals surface area contributed by atoms with Crippen molar-refractivity contribution < 1.29 is 9.80 Å². The molecule has 2 unspecified atom stereocenters. The van der Waals surface area contributed by atoms with Crippen LogP contribution >= 0.6 is 0 Å². The highest BCUT2D eigenvalue weighted by Crippen LogP contribution is 2.29. The Morgan fingerprint density at radius 3 is 2.45 bits per heavy atom. The van der Waals surface area contributed by atoms with Gasteiger partial charge in [0.25, 0.3) is 0 Å². The fourth-order valence-corrected chi connectivity index (χ4v) is 2.05. The zero-order valence-electron chi connectivity index (χ0n) is 13.0. The third kappa shape index (κ3) is 4.13. The molecule has 0 bridgehead atoms. The molecule has 5 nitrogen and oxygen atoms in total. The summed E-state index contributed by atoms with van der Waals surface area (Å²) in [4.78, 5) is 0. The Balaban J connectivity index is 2.07. The summed E-state index contributed by atoms with van der Waals surface area (Å²) < 4.78 is 5.71. The van der Waals surface area contributed by atoms with Crippen LogP contribution in [0.3, 0.4) is 0 Å². The van der Waals surface area contributed by atoms with Crippen LogP contribution in [0.2, 0.25) is 0 Å². The summed E-state index contributed by atoms with van der Waals surface area (Å²) in [6, 6.07) is 12.2. The van der Waals surface area contributed by atoms with Gasteiger partial charge in [-0.1, -0.05) is 13.8 Å². The Bertz CT molecular complexity index is 614. The van der Waals surface area contributed by atoms with Crippen molar-refractivity contribution in [2.45, 2.75) is 20.3 Å². The molecule has 0 aromatic heterocycles. The quantitative estimate of drug-likeness (QED) is 0.565. The molecular formula is C17H23N3O2. The van der Waals surface area contributed by atoms with E-state index < -0.39 is 0 Å². The molecule has 2 aromatic carbocycles. The zero-order valence-corrected chi connectivity index (χ0v) is 13.0. The van der Waals surface area contributed by atoms with E-state index in [4.69, 9.17) is 16.2 Å². The van der Waals surface area contributed by atoms with Gasteiger partial charge in [0.2, 0.25) is 0 Å². The van der Waals surface area contributed by atoms with Crippen molar-refractivity contribution in [1.29, 1.82) is 0 Å². The van der Waals surface area contributed by atoms with Crippen LogP contribution in [0.5, 0.6) is 11.5 Å². The molecule has 0 fully saturated rings. The highest BCUT2D eigenvalue weighted by atomic mass is 16.5. The van der Waals surface area contributed by atoms with Crippen LogP contribution in [0.4, 0.5) is 17.1 Å². The van der Waals surface area contributed by atoms with E-state index in [2.05, 4.69) is 13.8 Å². The van der Waals surface area contributed by atoms with Crippen molar-refractivity contribution in [3.8, 4) is 11.5 Å². The maximum Gasteiger partial charge on any atom is 0.152 e. The average molecular weight is 301 g/mol. The molecule has 118 valence electrons. The molecular weight excluding hydrogens is 278 g/mol. The normalized spacial score (nSPS) is 13.6. The molecule has 0 spiro atoms. The minimum absolute atomic E-state index is 0.157. The fraction of sp³-hybridized carbons (Fsp3) is 0.294. The van der Waals surface area contributed by atoms with E-state index in [9.17, 15) is 5.21 Å². The molecule has 5 heteroatoms. The second-order valence-electron chi connectivity index (χ2n) is 5.56. The Morgan fingerprint density at radius 2 is 1.82 bits per heavy atom. The van der Waals surface area contributed by atoms with Gasteiger partial charge in [-0.25, -0.2) is 0 Å². The lowest BCUT2D eigenvalue weighted by molar-refractivity contribution is -0.780. The lowest BCUT2D eigenvalue weighted by atomic mass is 10.1. The van der Waals surface area contributed by atoms with Crippen molar-refractivity contribution in [3.63, 3.8) is 0 Å². The van der Waals surface area contributed by atoms with Gasteiger partial charge in [-0.15, -0.1) is 0 Å². The number of nitrogens with two attached hydrogens (primary N) is 2. The number of quaternary nitrogens is 1. The molecule has 0 radical (unpaired) electrons. The number of hydroxylamine groups is 1. The second-order valence-corrected chi connectivity index (χ2v) is 5.56. The van der Waals surface area contributed by atoms with E-state index in [1.54, 1.807) is 42.5 Å². The SMILES string of the molecule is CCC(C)C[NH+]([O-])c1ccc(Oc2cc(N)ccc2N)cc1. The minimum atomic E-state index is 0.157. The van der Waals surface area contributed by atoms with Crippen LogP contribution in [0.25, 0.3) is 0 Å². The van der Waals surface area contributed by atoms with E-state index in [-0.39, 0.29) is 5.06 Å². The molecule has 0 amide bonds. The monoisotopic (exact) mass is 301 g/mol. The number of ether oxygens (including phenoxy) is 1. The first-order valence-corrected chi connectivity index (χ1v) is 7.45. The van der Waals surface area contributed by atoms with E-state index in [0.717, 1.165) is 6.42 Å². The number of hydrogen-bond acceptors (Lipinski definition) is 4. The lowest BCUT2D eigenvalue weighted by Gasteiger charge is -2.24. The summed E-state index contributed by atoms with van der Waals surface area (Å²) in [5.74, 6) is 1.53. The summed E-state index contributed by atoms with van der Waals surface area (Å²) in [5.41, 5.74) is 13.4. The van der Waals surface area contributed by atoms with Gasteiger partial charge >= 0.3 is 0 Å². The van der Waals surface area contributed by atoms with Crippen LogP contribution < -0.4 is 21.3 Å². The number of nitrogen functional groups attached to an aromatic ring is 2. The lowest BCUT2D eigenvalue weighted by Crippen LogP contribution is -3.02. The molecule has 0 aliphatic rings. The molecule has 0 aliphatic heterocycles. The first kappa shape index (κ1) is 16.1. The highest BCUT2D eigenvalue weighted by Gasteiger charge is 2.09. The summed E-state index contributed by atoms with van der Waals surface area (Å²) in [6.45, 7) is 4.74. The van der Waals surface area contributed by atoms with Gasteiger partial charge < -0.3 is 26.5 Å². The van der Waals surface area contributed by atoms with Gasteiger partial charge in [0, 0.05) is 29.8 Å². The Labute approximate surface area is 131 Å². The maximum absolute atomic E-state index is 12.1. The fourth-order valence-electron chi connectivity index (χ4n) is 2.05. The van der Waals surface area contributed by atoms with Crippen molar-refractivity contribution in [2.75, 3.05) is 18.0 Å². The van der Waals surface area contributed by atoms with Crippen LogP contribution in [0.15, 0.2) is 42.5 Å². The number of hydrogen-bond donors (Lipinski definition) is 3. The van der Waals surface area contributed by atoms with Crippen LogP contribution in [0.1, 0.15) is 20.3 Å². The Kier molecular flexibility index (Phi) is 5.25. The van der Waals surface area contributed by atoms with Crippen molar-refractivity contribution in [2.24, 2.45) is 5.92 Å². The molecule has 0 saturated heterocycles. The van der Waals surface area contributed by atoms with Crippen molar-refractivity contribution >= 4 is 17.1 Å². The second kappa shape index (κ2) is 7.15. The summed E-state index contributed by atoms with van der Waals surface area (Å²) in [5, 5.41) is 12.3. The van der Waals surface area contributed by atoms with Crippen molar-refractivity contribution in [3.05, 3.63) is 47.7 Å². The molecule has 2 rings (SSSR count). The molecule has 5 N–H and O–H groups in total. The maximum atomic E-state index is 12.1. The largest absolute Gasteiger partial charge is 0.629 e. The highest BCUT2D eigenvalue weighted by molar-refractivity contribution is 5.60. The first-order valence-electron chi connectivity index (χ1n) is 7.45. The third-order valence-electron chi connectivity index (χ3n) is 3.67. The topological polar surface area (TPSA) is 88.8 Å². The minimum Gasteiger partial charge on any atom is -0.629 e. The van der Waals surface area contributed by atoms with Gasteiger partial charge in [-0.05, 0) is 30.7 Å². The van der Waals surface area contributed by atoms with Crippen molar-refractivity contribution in [1.82, 2.24) is 0 Å². The molecule has 0 saturated carbocycles. The van der Waals surface area contributed by atoms with E-state index in [1.165, 1.54) is 0 Å². The van der Waals surface area contributed by atoms with E-state index >= 15 is 0 Å². The third-order valence-corrected chi connectivity index (χ3v) is 3.67. The van der Waals surface area contributed by atoms with Gasteiger partial charge in [0.1, 0.15) is 11.4 Å². The number of nitrogens with one attached hydrogen (secondary N) is 1. The molecule has 22 heavy (non-hydrogen) atoms. The van der Waals surface area contributed by atoms with Gasteiger partial charge in [0.15, 0.2) is 5.75 Å². The number of rotatable bonds is 6. The molecule has 0 aliphatic carbocycles. The van der Waals surface area contributed by atoms with E-state index in [0.29, 0.717) is 41.0 Å². The summed E-state index contributed by atoms with van der Waals surface area (Å²) >= 11 is 0. The van der Waals surface area contributed by atoms with Gasteiger partial charge in [-0.2, -0.15) is 0 Å². The molecule has 0 heterocycles. The predicted molar refractivity (Wildman–Crippen MR) is 90.1 cm³/mol. The predicted octanol–water partition coefficient (Wildman–Crippen LogP) is 2.70. The first-order chi connectivity index (χ1) is 10.5. The Morgan fingerprint density at radius 1 is 1.14 bits per heavy atom. The van der Waals surface area contributed by atoms with Crippen LogP contribution in [-0.2, 0) is 0 Å². The number of anilines is 2. The molecule has 2 aromatic rings. The average Bonchev–Trinajstić information content (AvgIpc) is 2.51. The van der Waals surface area contributed by atoms with E-state index in [1.807, 2.05) is 0 Å². The summed E-state index contributed by atoms with van der Waals surface area (Å²) in [7, 11) is 0. The number of benzene rings is 2. The standard InChI is InChI=1S/C17H23N3O2/c1-3-12(2)11-20(21)14-5-7-15(8-6-14)22-17-10-13(18)4-9-16(17)19/h4-10,12,20H,3,11,18-19H2,1-2H3. The summed E-state index contributed by atoms with van der Waals surface area (Å²) in [6.07, 6.45) is 1.00. The zero-order chi connectivity index (χ0) is 16.1.